The topological polar surface area (TPSA) is 76.7 Å². The Morgan fingerprint density at radius 1 is 1.04 bits per heavy atom. The van der Waals surface area contributed by atoms with Crippen LogP contribution in [0.1, 0.15) is 15.9 Å². The summed E-state index contributed by atoms with van der Waals surface area (Å²) in [7, 11) is 0. The summed E-state index contributed by atoms with van der Waals surface area (Å²) in [6, 6.07) is 20.2. The zero-order valence-electron chi connectivity index (χ0n) is 13.2. The van der Waals surface area contributed by atoms with E-state index in [9.17, 15) is 4.79 Å². The second-order valence-electron chi connectivity index (χ2n) is 5.22. The highest BCUT2D eigenvalue weighted by atomic mass is 32.1. The molecule has 3 aromatic carbocycles. The molecule has 0 amide bonds. The minimum Gasteiger partial charge on any atom is -0.423 e. The van der Waals surface area contributed by atoms with Crippen LogP contribution in [-0.2, 0) is 0 Å². The summed E-state index contributed by atoms with van der Waals surface area (Å²) in [4.78, 5) is 12.5. The van der Waals surface area contributed by atoms with Gasteiger partial charge in [-0.05, 0) is 58.9 Å². The summed E-state index contributed by atoms with van der Waals surface area (Å²) in [6.07, 6.45) is 1.56. The van der Waals surface area contributed by atoms with Crippen LogP contribution in [0.3, 0.4) is 0 Å². The maximum atomic E-state index is 12.5. The highest BCUT2D eigenvalue weighted by Crippen LogP contribution is 2.21. The van der Waals surface area contributed by atoms with E-state index in [1.165, 1.54) is 0 Å². The van der Waals surface area contributed by atoms with E-state index in [-0.39, 0.29) is 5.11 Å². The number of fused-ring (bicyclic) bond motifs is 1. The fraction of sp³-hybridized carbons (Fsp3) is 0. The summed E-state index contributed by atoms with van der Waals surface area (Å²) in [5, 5.41) is 5.82. The highest BCUT2D eigenvalue weighted by molar-refractivity contribution is 7.80. The Morgan fingerprint density at radius 2 is 1.76 bits per heavy atom. The Hall–Kier alpha value is -3.25. The number of nitrogens with zero attached hydrogens (tertiary/aromatic N) is 1. The van der Waals surface area contributed by atoms with Crippen LogP contribution in [0, 0.1) is 0 Å². The Bertz CT molecular complexity index is 947. The average molecular weight is 349 g/mol. The molecule has 3 aromatic rings. The van der Waals surface area contributed by atoms with Crippen LogP contribution in [0.25, 0.3) is 10.8 Å². The Morgan fingerprint density at radius 3 is 2.52 bits per heavy atom. The van der Waals surface area contributed by atoms with Crippen molar-refractivity contribution in [2.24, 2.45) is 10.8 Å². The first kappa shape index (κ1) is 16.6. The summed E-state index contributed by atoms with van der Waals surface area (Å²) in [6.45, 7) is 0. The number of benzene rings is 3. The molecule has 0 bridgehead atoms. The zero-order valence-corrected chi connectivity index (χ0v) is 14.0. The molecule has 0 aromatic heterocycles. The molecule has 0 aliphatic rings. The molecular formula is C19H15N3O2S. The monoisotopic (exact) mass is 349 g/mol. The minimum atomic E-state index is -0.395. The van der Waals surface area contributed by atoms with Crippen LogP contribution < -0.4 is 15.9 Å². The zero-order chi connectivity index (χ0) is 17.6. The number of nitrogens with two attached hydrogens (primary N) is 1. The van der Waals surface area contributed by atoms with Gasteiger partial charge in [-0.1, -0.05) is 36.4 Å². The number of nitrogens with one attached hydrogen (secondary N) is 1. The van der Waals surface area contributed by atoms with Gasteiger partial charge in [0, 0.05) is 0 Å². The van der Waals surface area contributed by atoms with Crippen LogP contribution in [0.5, 0.6) is 5.75 Å². The van der Waals surface area contributed by atoms with E-state index < -0.39 is 5.97 Å². The lowest BCUT2D eigenvalue weighted by Crippen LogP contribution is -2.23. The molecule has 0 radical (unpaired) electrons. The molecule has 0 fully saturated rings. The third-order valence-corrected chi connectivity index (χ3v) is 3.58. The number of carbonyl (C=O) groups excluding carboxylic acids is 1. The van der Waals surface area contributed by atoms with Gasteiger partial charge in [0.25, 0.3) is 0 Å². The van der Waals surface area contributed by atoms with Gasteiger partial charge in [0.15, 0.2) is 5.11 Å². The van der Waals surface area contributed by atoms with Crippen molar-refractivity contribution in [3.8, 4) is 5.75 Å². The van der Waals surface area contributed by atoms with Crippen LogP contribution in [0.4, 0.5) is 0 Å². The van der Waals surface area contributed by atoms with Crippen molar-refractivity contribution >= 4 is 40.3 Å². The molecule has 0 unspecified atom stereocenters. The van der Waals surface area contributed by atoms with E-state index >= 15 is 0 Å². The fourth-order valence-electron chi connectivity index (χ4n) is 2.36. The van der Waals surface area contributed by atoms with Crippen molar-refractivity contribution < 1.29 is 9.53 Å². The van der Waals surface area contributed by atoms with Crippen molar-refractivity contribution in [1.29, 1.82) is 0 Å². The lowest BCUT2D eigenvalue weighted by atomic mass is 10.0. The van der Waals surface area contributed by atoms with Gasteiger partial charge in [0.2, 0.25) is 0 Å². The van der Waals surface area contributed by atoms with Crippen LogP contribution in [0.2, 0.25) is 0 Å². The van der Waals surface area contributed by atoms with Gasteiger partial charge in [0.05, 0.1) is 11.8 Å². The molecule has 124 valence electrons. The quantitative estimate of drug-likeness (QED) is 0.249. The first-order chi connectivity index (χ1) is 12.1. The van der Waals surface area contributed by atoms with Gasteiger partial charge in [-0.15, -0.1) is 0 Å². The molecule has 0 atom stereocenters. The van der Waals surface area contributed by atoms with E-state index in [4.69, 9.17) is 10.5 Å². The molecule has 6 heteroatoms. The maximum absolute atomic E-state index is 12.5. The predicted molar refractivity (Wildman–Crippen MR) is 103 cm³/mol. The first-order valence-corrected chi connectivity index (χ1v) is 7.93. The van der Waals surface area contributed by atoms with E-state index in [1.807, 2.05) is 36.4 Å². The SMILES string of the molecule is NC(=S)N/N=C/c1ccc(OC(=O)c2cccc3ccccc23)cc1. The van der Waals surface area contributed by atoms with Gasteiger partial charge in [-0.3, -0.25) is 5.43 Å². The van der Waals surface area contributed by atoms with Crippen LogP contribution >= 0.6 is 12.2 Å². The molecule has 0 aliphatic heterocycles. The number of ether oxygens (including phenoxy) is 1. The standard InChI is InChI=1S/C19H15N3O2S/c20-19(25)22-21-12-13-8-10-15(11-9-13)24-18(23)17-7-3-5-14-4-1-2-6-16(14)17/h1-12H,(H3,20,22,25)/b21-12+. The Labute approximate surface area is 150 Å². The van der Waals surface area contributed by atoms with E-state index in [0.717, 1.165) is 16.3 Å². The highest BCUT2D eigenvalue weighted by Gasteiger charge is 2.12. The summed E-state index contributed by atoms with van der Waals surface area (Å²) in [5.41, 5.74) is 9.10. The van der Waals surface area contributed by atoms with Gasteiger partial charge in [-0.2, -0.15) is 5.10 Å². The second kappa shape index (κ2) is 7.55. The minimum absolute atomic E-state index is 0.0943. The van der Waals surface area contributed by atoms with Crippen molar-refractivity contribution in [2.45, 2.75) is 0 Å². The number of carbonyl (C=O) groups is 1. The van der Waals surface area contributed by atoms with Gasteiger partial charge >= 0.3 is 5.97 Å². The molecule has 0 heterocycles. The lowest BCUT2D eigenvalue weighted by molar-refractivity contribution is 0.0737. The number of hydrogen-bond acceptors (Lipinski definition) is 4. The van der Waals surface area contributed by atoms with Crippen molar-refractivity contribution in [3.05, 3.63) is 77.9 Å². The molecule has 0 saturated heterocycles. The first-order valence-electron chi connectivity index (χ1n) is 7.52. The number of rotatable bonds is 4. The largest absolute Gasteiger partial charge is 0.423 e. The number of esters is 1. The van der Waals surface area contributed by atoms with Crippen molar-refractivity contribution in [2.75, 3.05) is 0 Å². The molecule has 0 spiro atoms. The molecule has 3 N–H and O–H groups in total. The Balaban J connectivity index is 1.74. The predicted octanol–water partition coefficient (Wildman–Crippen LogP) is 3.23. The third-order valence-electron chi connectivity index (χ3n) is 3.49. The van der Waals surface area contributed by atoms with E-state index in [0.29, 0.717) is 11.3 Å². The molecule has 5 nitrogen and oxygen atoms in total. The third kappa shape index (κ3) is 4.19. The number of hydrazone groups is 1. The van der Waals surface area contributed by atoms with Crippen molar-refractivity contribution in [3.63, 3.8) is 0 Å². The van der Waals surface area contributed by atoms with Gasteiger partial charge < -0.3 is 10.5 Å². The average Bonchev–Trinajstić information content (AvgIpc) is 2.62. The van der Waals surface area contributed by atoms with Crippen LogP contribution in [0.15, 0.2) is 71.8 Å². The maximum Gasteiger partial charge on any atom is 0.344 e. The van der Waals surface area contributed by atoms with Gasteiger partial charge in [0.1, 0.15) is 5.75 Å². The fourth-order valence-corrected chi connectivity index (χ4v) is 2.41. The number of hydrogen-bond donors (Lipinski definition) is 2. The summed E-state index contributed by atoms with van der Waals surface area (Å²) < 4.78 is 5.47. The van der Waals surface area contributed by atoms with E-state index in [1.54, 1.807) is 36.5 Å². The van der Waals surface area contributed by atoms with Crippen molar-refractivity contribution in [1.82, 2.24) is 5.43 Å². The van der Waals surface area contributed by atoms with E-state index in [2.05, 4.69) is 22.7 Å². The lowest BCUT2D eigenvalue weighted by Gasteiger charge is -2.07. The normalized spacial score (nSPS) is 10.7. The summed E-state index contributed by atoms with van der Waals surface area (Å²) >= 11 is 4.65. The molecule has 0 aliphatic carbocycles. The number of thiocarbonyl (C=S) groups is 1. The molecule has 0 saturated carbocycles. The summed E-state index contributed by atoms with van der Waals surface area (Å²) in [5.74, 6) is 0.0609. The molecule has 3 rings (SSSR count). The smallest absolute Gasteiger partial charge is 0.344 e. The molecule has 25 heavy (non-hydrogen) atoms. The second-order valence-corrected chi connectivity index (χ2v) is 5.66. The Kier molecular flexibility index (Phi) is 5.01. The van der Waals surface area contributed by atoms with Gasteiger partial charge in [-0.25, -0.2) is 4.79 Å². The van der Waals surface area contributed by atoms with Crippen LogP contribution in [-0.4, -0.2) is 17.3 Å². The molecular weight excluding hydrogens is 334 g/mol.